The average molecular weight is 428 g/mol. The molecule has 0 unspecified atom stereocenters. The van der Waals surface area contributed by atoms with Gasteiger partial charge < -0.3 is 24.2 Å². The molecule has 2 aromatic carbocycles. The molecule has 0 saturated carbocycles. The molecular weight excluding hydrogens is 390 g/mol. The van der Waals surface area contributed by atoms with Crippen molar-refractivity contribution < 1.29 is 24.1 Å². The number of nitrogens with zero attached hydrogens (tertiary/aromatic N) is 1. The van der Waals surface area contributed by atoms with Crippen LogP contribution in [0.5, 0.6) is 11.5 Å². The van der Waals surface area contributed by atoms with E-state index in [1.54, 1.807) is 19.1 Å². The van der Waals surface area contributed by atoms with E-state index in [9.17, 15) is 4.79 Å². The van der Waals surface area contributed by atoms with Gasteiger partial charge in [-0.1, -0.05) is 29.8 Å². The Labute approximate surface area is 186 Å². The van der Waals surface area contributed by atoms with E-state index in [0.717, 1.165) is 44.2 Å². The summed E-state index contributed by atoms with van der Waals surface area (Å²) < 4.78 is 10.9. The summed E-state index contributed by atoms with van der Waals surface area (Å²) in [4.78, 5) is 17.5. The molecule has 6 heteroatoms. The number of ether oxygens (including phenoxy) is 2. The highest BCUT2D eigenvalue weighted by Gasteiger charge is 2.26. The maximum Gasteiger partial charge on any atom is 0.277 e. The van der Waals surface area contributed by atoms with Gasteiger partial charge in [0, 0.05) is 19.2 Å². The van der Waals surface area contributed by atoms with Crippen LogP contribution >= 0.6 is 0 Å². The number of amides is 1. The van der Waals surface area contributed by atoms with Crippen molar-refractivity contribution in [1.29, 1.82) is 0 Å². The molecule has 1 aliphatic rings. The molecule has 0 spiro atoms. The highest BCUT2D eigenvalue weighted by atomic mass is 16.5. The first kappa shape index (κ1) is 23.1. The second kappa shape index (κ2) is 10.6. The number of piperazine rings is 1. The van der Waals surface area contributed by atoms with Gasteiger partial charge in [-0.2, -0.15) is 0 Å². The van der Waals surface area contributed by atoms with Crippen LogP contribution in [0.15, 0.2) is 36.4 Å². The summed E-state index contributed by atoms with van der Waals surface area (Å²) in [5.41, 5.74) is 4.94. The molecule has 31 heavy (non-hydrogen) atoms. The van der Waals surface area contributed by atoms with Gasteiger partial charge in [0.1, 0.15) is 32.7 Å². The fraction of sp³-hybridized carbons (Fsp3) is 0.480. The van der Waals surface area contributed by atoms with Crippen LogP contribution in [0.4, 0.5) is 0 Å². The molecular formula is C25H37N3O3+2. The number of benzene rings is 2. The van der Waals surface area contributed by atoms with Crippen molar-refractivity contribution >= 4 is 5.91 Å². The third kappa shape index (κ3) is 6.21. The maximum absolute atomic E-state index is 12.7. The van der Waals surface area contributed by atoms with E-state index in [0.29, 0.717) is 13.1 Å². The molecule has 1 amide bonds. The maximum atomic E-state index is 12.7. The quantitative estimate of drug-likeness (QED) is 0.636. The van der Waals surface area contributed by atoms with Gasteiger partial charge in [0.05, 0.1) is 14.2 Å². The summed E-state index contributed by atoms with van der Waals surface area (Å²) in [5.74, 6) is 1.78. The number of nitrogens with one attached hydrogen (secondary N) is 2. The van der Waals surface area contributed by atoms with Gasteiger partial charge in [-0.15, -0.1) is 0 Å². The van der Waals surface area contributed by atoms with E-state index >= 15 is 0 Å². The van der Waals surface area contributed by atoms with Crippen LogP contribution < -0.4 is 19.3 Å². The van der Waals surface area contributed by atoms with Crippen molar-refractivity contribution in [2.75, 3.05) is 54.0 Å². The number of carbonyl (C=O) groups excluding carboxylic acids is 1. The van der Waals surface area contributed by atoms with Gasteiger partial charge in [0.25, 0.3) is 5.91 Å². The van der Waals surface area contributed by atoms with Gasteiger partial charge in [0.15, 0.2) is 18.0 Å². The predicted octanol–water partition coefficient (Wildman–Crippen LogP) is 0.263. The fourth-order valence-corrected chi connectivity index (χ4v) is 4.20. The zero-order valence-electron chi connectivity index (χ0n) is 19.6. The lowest BCUT2D eigenvalue weighted by molar-refractivity contribution is -1.02. The van der Waals surface area contributed by atoms with Crippen LogP contribution in [-0.4, -0.2) is 64.8 Å². The van der Waals surface area contributed by atoms with Gasteiger partial charge in [-0.3, -0.25) is 4.79 Å². The van der Waals surface area contributed by atoms with Gasteiger partial charge >= 0.3 is 0 Å². The molecule has 1 fully saturated rings. The zero-order chi connectivity index (χ0) is 22.4. The molecule has 0 aromatic heterocycles. The topological polar surface area (TPSA) is 47.7 Å². The number of quaternary nitrogens is 2. The van der Waals surface area contributed by atoms with Crippen LogP contribution in [-0.2, 0) is 17.9 Å². The van der Waals surface area contributed by atoms with E-state index < -0.39 is 0 Å². The Balaban J connectivity index is 1.48. The van der Waals surface area contributed by atoms with Crippen molar-refractivity contribution in [2.45, 2.75) is 26.9 Å². The molecule has 0 aliphatic carbocycles. The zero-order valence-corrected chi connectivity index (χ0v) is 19.6. The summed E-state index contributed by atoms with van der Waals surface area (Å²) in [6.45, 7) is 10.6. The number of hydrogen-bond donors (Lipinski definition) is 2. The predicted molar refractivity (Wildman–Crippen MR) is 122 cm³/mol. The Bertz CT molecular complexity index is 874. The van der Waals surface area contributed by atoms with E-state index in [2.05, 4.69) is 50.2 Å². The van der Waals surface area contributed by atoms with Crippen LogP contribution in [0.1, 0.15) is 22.3 Å². The first-order valence-electron chi connectivity index (χ1n) is 11.1. The summed E-state index contributed by atoms with van der Waals surface area (Å²) in [6.07, 6.45) is 0. The molecule has 3 rings (SSSR count). The summed E-state index contributed by atoms with van der Waals surface area (Å²) in [5, 5.41) is 0. The lowest BCUT2D eigenvalue weighted by atomic mass is 10.1. The minimum atomic E-state index is 0.217. The Hall–Kier alpha value is -2.57. The van der Waals surface area contributed by atoms with Crippen LogP contribution in [0.2, 0.25) is 0 Å². The third-order valence-corrected chi connectivity index (χ3v) is 6.31. The smallest absolute Gasteiger partial charge is 0.277 e. The van der Waals surface area contributed by atoms with Crippen molar-refractivity contribution in [1.82, 2.24) is 4.90 Å². The first-order valence-corrected chi connectivity index (χ1v) is 11.1. The lowest BCUT2D eigenvalue weighted by Gasteiger charge is -2.30. The average Bonchev–Trinajstić information content (AvgIpc) is 2.77. The van der Waals surface area contributed by atoms with Gasteiger partial charge in [0.2, 0.25) is 0 Å². The third-order valence-electron chi connectivity index (χ3n) is 6.31. The number of methoxy groups -OCH3 is 2. The van der Waals surface area contributed by atoms with E-state index in [1.165, 1.54) is 27.2 Å². The summed E-state index contributed by atoms with van der Waals surface area (Å²) in [6, 6.07) is 12.6. The van der Waals surface area contributed by atoms with Crippen molar-refractivity contribution in [2.24, 2.45) is 0 Å². The Morgan fingerprint density at radius 3 is 2.13 bits per heavy atom. The normalized spacial score (nSPS) is 18.5. The lowest BCUT2D eigenvalue weighted by Crippen LogP contribution is -3.28. The van der Waals surface area contributed by atoms with E-state index in [1.807, 2.05) is 11.9 Å². The molecule has 6 nitrogen and oxygen atoms in total. The van der Waals surface area contributed by atoms with Gasteiger partial charge in [-0.25, -0.2) is 0 Å². The second-order valence-corrected chi connectivity index (χ2v) is 8.72. The molecule has 0 radical (unpaired) electrons. The number of likely N-dealkylation sites (N-methyl/N-ethyl adjacent to an activating group) is 1. The highest BCUT2D eigenvalue weighted by molar-refractivity contribution is 5.76. The Morgan fingerprint density at radius 2 is 1.52 bits per heavy atom. The van der Waals surface area contributed by atoms with Crippen LogP contribution in [0.3, 0.4) is 0 Å². The summed E-state index contributed by atoms with van der Waals surface area (Å²) >= 11 is 0. The molecule has 1 saturated heterocycles. The van der Waals surface area contributed by atoms with Crippen LogP contribution in [0, 0.1) is 13.8 Å². The SMILES string of the molecule is COc1cc(C)c(C[NH+]2CC[NH+](CC(=O)N(C)Cc3ccc(C)cc3)CC2)cc1OC. The molecule has 2 N–H and O–H groups in total. The standard InChI is InChI=1S/C25H35N3O3/c1-19-6-8-21(9-7-19)16-26(3)25(29)18-28-12-10-27(11-13-28)17-22-15-24(31-5)23(30-4)14-20(22)2/h6-9,14-15H,10-13,16-18H2,1-5H3/p+2. The number of rotatable bonds is 8. The fourth-order valence-electron chi connectivity index (χ4n) is 4.20. The minimum absolute atomic E-state index is 0.217. The molecule has 0 bridgehead atoms. The number of hydrogen-bond acceptors (Lipinski definition) is 3. The van der Waals surface area contributed by atoms with Gasteiger partial charge in [-0.05, 0) is 37.1 Å². The largest absolute Gasteiger partial charge is 0.493 e. The highest BCUT2D eigenvalue weighted by Crippen LogP contribution is 2.29. The van der Waals surface area contributed by atoms with Crippen molar-refractivity contribution in [3.05, 3.63) is 58.7 Å². The molecule has 0 atom stereocenters. The number of aryl methyl sites for hydroxylation is 2. The minimum Gasteiger partial charge on any atom is -0.493 e. The Kier molecular flexibility index (Phi) is 7.93. The van der Waals surface area contributed by atoms with E-state index in [4.69, 9.17) is 9.47 Å². The summed E-state index contributed by atoms with van der Waals surface area (Å²) in [7, 11) is 5.26. The molecule has 1 aliphatic heterocycles. The Morgan fingerprint density at radius 1 is 0.935 bits per heavy atom. The van der Waals surface area contributed by atoms with E-state index in [-0.39, 0.29) is 5.91 Å². The van der Waals surface area contributed by atoms with Crippen molar-refractivity contribution in [3.8, 4) is 11.5 Å². The number of carbonyl (C=O) groups is 1. The first-order chi connectivity index (χ1) is 14.9. The molecule has 1 heterocycles. The van der Waals surface area contributed by atoms with Crippen LogP contribution in [0.25, 0.3) is 0 Å². The molecule has 2 aromatic rings. The monoisotopic (exact) mass is 427 g/mol. The van der Waals surface area contributed by atoms with Crippen molar-refractivity contribution in [3.63, 3.8) is 0 Å². The second-order valence-electron chi connectivity index (χ2n) is 8.72. The molecule has 168 valence electrons.